The molecule has 3 N–H and O–H groups in total. The first-order valence-corrected chi connectivity index (χ1v) is 9.29. The Kier molecular flexibility index (Phi) is 5.70. The van der Waals surface area contributed by atoms with Crippen LogP contribution in [0.5, 0.6) is 0 Å². The second-order valence-corrected chi connectivity index (χ2v) is 6.90. The third-order valence-corrected chi connectivity index (χ3v) is 5.09. The first-order chi connectivity index (χ1) is 13.7. The molecule has 7 nitrogen and oxygen atoms in total. The largest absolute Gasteiger partial charge is 0.354 e. The van der Waals surface area contributed by atoms with Gasteiger partial charge in [0, 0.05) is 18.2 Å². The number of nitrogens with two attached hydrogens (primary N) is 1. The molecule has 0 unspecified atom stereocenters. The number of carbonyl (C=O) groups excluding carboxylic acids is 1. The molecule has 0 aromatic heterocycles. The lowest BCUT2D eigenvalue weighted by Crippen LogP contribution is -2.69. The Bertz CT molecular complexity index is 788. The molecule has 2 saturated heterocycles. The van der Waals surface area contributed by atoms with E-state index in [1.54, 1.807) is 12.1 Å². The quantitative estimate of drug-likeness (QED) is 0.832. The molecule has 1 amide bonds. The molecule has 2 aromatic carbocycles. The van der Waals surface area contributed by atoms with Crippen LogP contribution in [0, 0.1) is 0 Å². The Balaban J connectivity index is 1.50. The SMILES string of the molecule is CO[C@@H]1O[C@@H]2CO[C@H](c3ccccc3)O[C@H]2[C@H](N)[C@H]1NC(=O)c1ccccc1. The lowest BCUT2D eigenvalue weighted by molar-refractivity contribution is -0.322. The number of hydrogen-bond acceptors (Lipinski definition) is 6. The average molecular weight is 384 g/mol. The topological polar surface area (TPSA) is 92.0 Å². The molecule has 0 aliphatic carbocycles. The molecule has 28 heavy (non-hydrogen) atoms. The Morgan fingerprint density at radius 2 is 1.75 bits per heavy atom. The van der Waals surface area contributed by atoms with Gasteiger partial charge >= 0.3 is 0 Å². The number of methoxy groups -OCH3 is 1. The van der Waals surface area contributed by atoms with Crippen molar-refractivity contribution in [2.75, 3.05) is 13.7 Å². The van der Waals surface area contributed by atoms with Crippen LogP contribution in [0.1, 0.15) is 22.2 Å². The molecule has 2 fully saturated rings. The van der Waals surface area contributed by atoms with Gasteiger partial charge in [0.25, 0.3) is 5.91 Å². The number of hydrogen-bond donors (Lipinski definition) is 2. The number of amides is 1. The summed E-state index contributed by atoms with van der Waals surface area (Å²) in [7, 11) is 1.52. The highest BCUT2D eigenvalue weighted by atomic mass is 16.7. The Morgan fingerprint density at radius 1 is 1.07 bits per heavy atom. The van der Waals surface area contributed by atoms with Gasteiger partial charge in [-0.15, -0.1) is 0 Å². The second-order valence-electron chi connectivity index (χ2n) is 6.90. The van der Waals surface area contributed by atoms with E-state index in [9.17, 15) is 4.79 Å². The van der Waals surface area contributed by atoms with Crippen LogP contribution in [-0.4, -0.2) is 50.2 Å². The van der Waals surface area contributed by atoms with E-state index in [0.717, 1.165) is 5.56 Å². The fraction of sp³-hybridized carbons (Fsp3) is 0.381. The van der Waals surface area contributed by atoms with E-state index in [0.29, 0.717) is 12.2 Å². The monoisotopic (exact) mass is 384 g/mol. The van der Waals surface area contributed by atoms with Crippen molar-refractivity contribution in [3.05, 3.63) is 71.8 Å². The van der Waals surface area contributed by atoms with Crippen molar-refractivity contribution < 1.29 is 23.7 Å². The predicted molar refractivity (Wildman–Crippen MR) is 101 cm³/mol. The molecule has 0 spiro atoms. The molecule has 6 atom stereocenters. The third-order valence-electron chi connectivity index (χ3n) is 5.09. The third kappa shape index (κ3) is 3.80. The summed E-state index contributed by atoms with van der Waals surface area (Å²) in [6.07, 6.45) is -2.03. The van der Waals surface area contributed by atoms with Gasteiger partial charge in [-0.25, -0.2) is 0 Å². The second kappa shape index (κ2) is 8.38. The zero-order chi connectivity index (χ0) is 19.5. The van der Waals surface area contributed by atoms with Gasteiger partial charge < -0.3 is 30.0 Å². The molecule has 0 saturated carbocycles. The van der Waals surface area contributed by atoms with Crippen molar-refractivity contribution in [2.24, 2.45) is 5.73 Å². The number of rotatable bonds is 4. The average Bonchev–Trinajstić information content (AvgIpc) is 2.76. The highest BCUT2D eigenvalue weighted by molar-refractivity contribution is 5.94. The van der Waals surface area contributed by atoms with E-state index in [1.165, 1.54) is 7.11 Å². The van der Waals surface area contributed by atoms with Gasteiger partial charge in [-0.1, -0.05) is 48.5 Å². The van der Waals surface area contributed by atoms with Crippen LogP contribution in [0.15, 0.2) is 60.7 Å². The number of carbonyl (C=O) groups is 1. The van der Waals surface area contributed by atoms with Gasteiger partial charge in [-0.3, -0.25) is 4.79 Å². The normalized spacial score (nSPS) is 32.4. The zero-order valence-corrected chi connectivity index (χ0v) is 15.6. The summed E-state index contributed by atoms with van der Waals surface area (Å²) >= 11 is 0. The maximum Gasteiger partial charge on any atom is 0.251 e. The van der Waals surface area contributed by atoms with E-state index < -0.39 is 30.8 Å². The number of benzene rings is 2. The summed E-state index contributed by atoms with van der Waals surface area (Å²) in [5, 5.41) is 2.94. The van der Waals surface area contributed by atoms with Gasteiger partial charge in [0.15, 0.2) is 12.6 Å². The van der Waals surface area contributed by atoms with Gasteiger partial charge in [-0.05, 0) is 12.1 Å². The smallest absolute Gasteiger partial charge is 0.251 e. The van der Waals surface area contributed by atoms with Crippen LogP contribution in [0.3, 0.4) is 0 Å². The summed E-state index contributed by atoms with van der Waals surface area (Å²) in [6, 6.07) is 17.5. The first-order valence-electron chi connectivity index (χ1n) is 9.29. The molecule has 2 aliphatic rings. The molecular weight excluding hydrogens is 360 g/mol. The minimum atomic E-state index is -0.690. The van der Waals surface area contributed by atoms with Gasteiger partial charge in [0.05, 0.1) is 18.7 Å². The molecule has 0 bridgehead atoms. The van der Waals surface area contributed by atoms with Crippen molar-refractivity contribution in [1.82, 2.24) is 5.32 Å². The Hall–Kier alpha value is -2.29. The molecular formula is C21H24N2O5. The van der Waals surface area contributed by atoms with Crippen LogP contribution >= 0.6 is 0 Å². The lowest BCUT2D eigenvalue weighted by Gasteiger charge is -2.48. The molecule has 4 rings (SSSR count). The zero-order valence-electron chi connectivity index (χ0n) is 15.6. The molecule has 0 radical (unpaired) electrons. The van der Waals surface area contributed by atoms with Crippen LogP contribution in [-0.2, 0) is 18.9 Å². The highest BCUT2D eigenvalue weighted by Gasteiger charge is 2.49. The number of fused-ring (bicyclic) bond motifs is 1. The van der Waals surface area contributed by atoms with Crippen molar-refractivity contribution in [3.8, 4) is 0 Å². The van der Waals surface area contributed by atoms with Crippen LogP contribution < -0.4 is 11.1 Å². The van der Waals surface area contributed by atoms with Crippen LogP contribution in [0.4, 0.5) is 0 Å². The molecule has 2 heterocycles. The summed E-state index contributed by atoms with van der Waals surface area (Å²) in [6.45, 7) is 0.330. The fourth-order valence-electron chi connectivity index (χ4n) is 3.62. The van der Waals surface area contributed by atoms with Crippen molar-refractivity contribution in [2.45, 2.75) is 36.9 Å². The summed E-state index contributed by atoms with van der Waals surface area (Å²) < 4.78 is 23.4. The number of ether oxygens (including phenoxy) is 4. The molecule has 2 aliphatic heterocycles. The first kappa shape index (κ1) is 19.0. The minimum absolute atomic E-state index is 0.239. The summed E-state index contributed by atoms with van der Waals surface area (Å²) in [5.41, 5.74) is 7.96. The Morgan fingerprint density at radius 3 is 2.43 bits per heavy atom. The molecule has 2 aromatic rings. The summed E-state index contributed by atoms with van der Waals surface area (Å²) in [5.74, 6) is -0.239. The van der Waals surface area contributed by atoms with Gasteiger partial charge in [0.1, 0.15) is 12.2 Å². The van der Waals surface area contributed by atoms with Gasteiger partial charge in [-0.2, -0.15) is 0 Å². The lowest BCUT2D eigenvalue weighted by atomic mass is 9.93. The van der Waals surface area contributed by atoms with E-state index >= 15 is 0 Å². The van der Waals surface area contributed by atoms with Crippen LogP contribution in [0.25, 0.3) is 0 Å². The van der Waals surface area contributed by atoms with E-state index in [4.69, 9.17) is 24.7 Å². The van der Waals surface area contributed by atoms with Crippen molar-refractivity contribution >= 4 is 5.91 Å². The highest BCUT2D eigenvalue weighted by Crippen LogP contribution is 2.33. The van der Waals surface area contributed by atoms with Crippen molar-refractivity contribution in [1.29, 1.82) is 0 Å². The summed E-state index contributed by atoms with van der Waals surface area (Å²) in [4.78, 5) is 12.6. The molecule has 148 valence electrons. The fourth-order valence-corrected chi connectivity index (χ4v) is 3.62. The Labute approximate surface area is 163 Å². The van der Waals surface area contributed by atoms with E-state index in [1.807, 2.05) is 48.5 Å². The number of nitrogens with one attached hydrogen (secondary N) is 1. The van der Waals surface area contributed by atoms with Crippen molar-refractivity contribution in [3.63, 3.8) is 0 Å². The standard InChI is InChI=1S/C21H24N2O5/c1-25-21-17(23-19(24)13-8-4-2-5-9-13)16(22)18-15(27-21)12-26-20(28-18)14-10-6-3-7-11-14/h2-11,15-18,20-21H,12,22H2,1H3,(H,23,24)/t15-,16-,17-,18-,20+,21-/m1/s1. The van der Waals surface area contributed by atoms with E-state index in [-0.39, 0.29) is 12.0 Å². The molecule has 7 heteroatoms. The maximum absolute atomic E-state index is 12.6. The minimum Gasteiger partial charge on any atom is -0.354 e. The van der Waals surface area contributed by atoms with Crippen LogP contribution in [0.2, 0.25) is 0 Å². The predicted octanol–water partition coefficient (Wildman–Crippen LogP) is 1.60. The van der Waals surface area contributed by atoms with Gasteiger partial charge in [0.2, 0.25) is 0 Å². The van der Waals surface area contributed by atoms with E-state index in [2.05, 4.69) is 5.32 Å². The maximum atomic E-state index is 12.6.